The van der Waals surface area contributed by atoms with Crippen molar-refractivity contribution in [1.29, 1.82) is 0 Å². The Morgan fingerprint density at radius 1 is 0.829 bits per heavy atom. The van der Waals surface area contributed by atoms with Crippen molar-refractivity contribution in [3.63, 3.8) is 0 Å². The highest BCUT2D eigenvalue weighted by Crippen LogP contribution is 2.40. The van der Waals surface area contributed by atoms with Crippen molar-refractivity contribution in [3.05, 3.63) is 46.4 Å². The fraction of sp³-hybridized carbons (Fsp3) is 0.222. The van der Waals surface area contributed by atoms with E-state index in [2.05, 4.69) is 15.3 Å². The fourth-order valence-electron chi connectivity index (χ4n) is 4.23. The van der Waals surface area contributed by atoms with Crippen LogP contribution in [0.3, 0.4) is 0 Å². The lowest BCUT2D eigenvalue weighted by molar-refractivity contribution is -0.137. The molecular formula is C27H22N4O8S2. The molecule has 0 radical (unpaired) electrons. The van der Waals surface area contributed by atoms with Gasteiger partial charge >= 0.3 is 11.9 Å². The van der Waals surface area contributed by atoms with Gasteiger partial charge in [-0.15, -0.1) is 27.8 Å². The van der Waals surface area contributed by atoms with Gasteiger partial charge in [-0.1, -0.05) is 5.21 Å². The number of thiazole rings is 1. The quantitative estimate of drug-likeness (QED) is 0.189. The van der Waals surface area contributed by atoms with Crippen LogP contribution in [0.4, 0.5) is 0 Å². The number of hydrogen-bond acceptors (Lipinski definition) is 11. The molecular weight excluding hydrogens is 572 g/mol. The number of aromatic nitrogens is 4. The molecule has 0 atom stereocenters. The van der Waals surface area contributed by atoms with E-state index < -0.39 is 11.9 Å². The fourth-order valence-corrected chi connectivity index (χ4v) is 6.23. The first-order valence-electron chi connectivity index (χ1n) is 12.2. The maximum Gasteiger partial charge on any atom is 0.303 e. The number of carboxylic acids is 2. The second kappa shape index (κ2) is 11.4. The van der Waals surface area contributed by atoms with E-state index in [0.29, 0.717) is 43.5 Å². The average molecular weight is 595 g/mol. The summed E-state index contributed by atoms with van der Waals surface area (Å²) in [6.07, 6.45) is 0.804. The van der Waals surface area contributed by atoms with Crippen molar-refractivity contribution < 1.29 is 38.9 Å². The van der Waals surface area contributed by atoms with E-state index in [-0.39, 0.29) is 42.3 Å². The SMILES string of the molecule is COc1cc2nc(C(=O)CCC(=O)O)sc2cc1-c1cnnn1-c1cc2sc(C(=O)CCC(=O)O)cc2cc1OC. The van der Waals surface area contributed by atoms with Crippen LogP contribution in [0, 0.1) is 0 Å². The zero-order chi connectivity index (χ0) is 29.3. The number of carbonyl (C=O) groups is 4. The minimum atomic E-state index is -1.05. The number of Topliss-reactive ketones (excluding diaryl/α,β-unsaturated/α-hetero) is 2. The third kappa shape index (κ3) is 5.64. The summed E-state index contributed by atoms with van der Waals surface area (Å²) in [7, 11) is 3.02. The molecule has 0 aliphatic carbocycles. The zero-order valence-corrected chi connectivity index (χ0v) is 23.4. The van der Waals surface area contributed by atoms with E-state index in [4.69, 9.17) is 19.7 Å². The number of carboxylic acid groups (broad SMARTS) is 2. The molecule has 14 heteroatoms. The third-order valence-electron chi connectivity index (χ3n) is 6.23. The van der Waals surface area contributed by atoms with Crippen molar-refractivity contribution in [1.82, 2.24) is 20.0 Å². The summed E-state index contributed by atoms with van der Waals surface area (Å²) in [4.78, 5) is 51.6. The second-order valence-electron chi connectivity index (χ2n) is 8.88. The van der Waals surface area contributed by atoms with E-state index in [1.165, 1.54) is 25.6 Å². The van der Waals surface area contributed by atoms with Gasteiger partial charge in [-0.3, -0.25) is 19.2 Å². The smallest absolute Gasteiger partial charge is 0.303 e. The van der Waals surface area contributed by atoms with Crippen LogP contribution in [0.15, 0.2) is 36.5 Å². The highest BCUT2D eigenvalue weighted by atomic mass is 32.1. The number of thiophene rings is 1. The van der Waals surface area contributed by atoms with Crippen molar-refractivity contribution in [2.75, 3.05) is 14.2 Å². The molecule has 5 aromatic rings. The van der Waals surface area contributed by atoms with Crippen LogP contribution in [-0.4, -0.2) is 67.9 Å². The number of rotatable bonds is 12. The Morgan fingerprint density at radius 2 is 1.54 bits per heavy atom. The normalized spacial score (nSPS) is 11.2. The summed E-state index contributed by atoms with van der Waals surface area (Å²) in [5, 5.41) is 27.2. The van der Waals surface area contributed by atoms with Crippen LogP contribution in [0.5, 0.6) is 11.5 Å². The predicted molar refractivity (Wildman–Crippen MR) is 151 cm³/mol. The van der Waals surface area contributed by atoms with E-state index in [1.54, 1.807) is 29.1 Å². The summed E-state index contributed by atoms with van der Waals surface area (Å²) < 4.78 is 14.3. The van der Waals surface area contributed by atoms with Gasteiger partial charge in [-0.05, 0) is 29.7 Å². The number of hydrogen-bond donors (Lipinski definition) is 2. The molecule has 2 N–H and O–H groups in total. The molecule has 210 valence electrons. The van der Waals surface area contributed by atoms with Gasteiger partial charge in [0.05, 0.1) is 54.0 Å². The van der Waals surface area contributed by atoms with Gasteiger partial charge in [0.25, 0.3) is 0 Å². The summed E-state index contributed by atoms with van der Waals surface area (Å²) in [5.74, 6) is -1.76. The van der Waals surface area contributed by atoms with Crippen LogP contribution in [-0.2, 0) is 9.59 Å². The van der Waals surface area contributed by atoms with Gasteiger partial charge in [-0.25, -0.2) is 9.67 Å². The number of ether oxygens (including phenoxy) is 2. The molecule has 41 heavy (non-hydrogen) atoms. The van der Waals surface area contributed by atoms with Crippen molar-refractivity contribution in [2.24, 2.45) is 0 Å². The molecule has 3 aromatic heterocycles. The van der Waals surface area contributed by atoms with E-state index in [9.17, 15) is 19.2 Å². The lowest BCUT2D eigenvalue weighted by Gasteiger charge is -2.13. The average Bonchev–Trinajstić information content (AvgIpc) is 3.70. The molecule has 0 saturated carbocycles. The van der Waals surface area contributed by atoms with Gasteiger partial charge in [-0.2, -0.15) is 0 Å². The number of methoxy groups -OCH3 is 2. The number of nitrogens with zero attached hydrogens (tertiary/aromatic N) is 4. The minimum absolute atomic E-state index is 0.0912. The molecule has 0 bridgehead atoms. The van der Waals surface area contributed by atoms with Crippen molar-refractivity contribution >= 4 is 66.5 Å². The number of aliphatic carboxylic acids is 2. The molecule has 0 aliphatic heterocycles. The topological polar surface area (TPSA) is 171 Å². The Morgan fingerprint density at radius 3 is 2.22 bits per heavy atom. The molecule has 0 aliphatic rings. The van der Waals surface area contributed by atoms with Crippen molar-refractivity contribution in [2.45, 2.75) is 25.7 Å². The number of ketones is 2. The van der Waals surface area contributed by atoms with Crippen LogP contribution in [0.25, 0.3) is 37.2 Å². The molecule has 12 nitrogen and oxygen atoms in total. The standard InChI is InChI=1S/C27H22N4O8S2/c1-38-20-10-15-23(41-27(29-15)19(33)4-6-26(36)37)9-14(20)17-12-28-30-31(17)16-11-22-13(7-21(16)39-2)8-24(40-22)18(32)3-5-25(34)35/h7-12H,3-6H2,1-2H3,(H,34,35)(H,36,37). The number of carbonyl (C=O) groups excluding carboxylic acids is 2. The van der Waals surface area contributed by atoms with Gasteiger partial charge < -0.3 is 19.7 Å². The summed E-state index contributed by atoms with van der Waals surface area (Å²) in [6.45, 7) is 0. The molecule has 0 saturated heterocycles. The summed E-state index contributed by atoms with van der Waals surface area (Å²) >= 11 is 2.41. The Bertz CT molecular complexity index is 1710. The predicted octanol–water partition coefficient (Wildman–Crippen LogP) is 4.87. The highest BCUT2D eigenvalue weighted by Gasteiger charge is 2.22. The first-order valence-corrected chi connectivity index (χ1v) is 13.8. The molecule has 0 amide bonds. The van der Waals surface area contributed by atoms with Gasteiger partial charge in [0.2, 0.25) is 0 Å². The van der Waals surface area contributed by atoms with Crippen LogP contribution in [0.2, 0.25) is 0 Å². The largest absolute Gasteiger partial charge is 0.496 e. The van der Waals surface area contributed by atoms with E-state index in [1.807, 2.05) is 12.1 Å². The molecule has 0 unspecified atom stereocenters. The van der Waals surface area contributed by atoms with Crippen LogP contribution in [0.1, 0.15) is 45.2 Å². The van der Waals surface area contributed by atoms with Gasteiger partial charge in [0.1, 0.15) is 17.2 Å². The highest BCUT2D eigenvalue weighted by molar-refractivity contribution is 7.21. The van der Waals surface area contributed by atoms with Gasteiger partial charge in [0, 0.05) is 29.2 Å². The molecule has 0 fully saturated rings. The van der Waals surface area contributed by atoms with Gasteiger partial charge in [0.15, 0.2) is 16.6 Å². The number of benzene rings is 2. The maximum atomic E-state index is 12.5. The lowest BCUT2D eigenvalue weighted by atomic mass is 10.1. The summed E-state index contributed by atoms with van der Waals surface area (Å²) in [6, 6.07) is 8.82. The Hall–Kier alpha value is -4.69. The maximum absolute atomic E-state index is 12.5. The van der Waals surface area contributed by atoms with Crippen LogP contribution >= 0.6 is 22.7 Å². The van der Waals surface area contributed by atoms with E-state index in [0.717, 1.165) is 21.4 Å². The molecule has 5 rings (SSSR count). The second-order valence-corrected chi connectivity index (χ2v) is 11.0. The Balaban J connectivity index is 1.56. The Labute approximate surface area is 239 Å². The lowest BCUT2D eigenvalue weighted by Crippen LogP contribution is -2.03. The monoisotopic (exact) mass is 594 g/mol. The molecule has 2 aromatic carbocycles. The molecule has 3 heterocycles. The van der Waals surface area contributed by atoms with Crippen molar-refractivity contribution in [3.8, 4) is 28.4 Å². The Kier molecular flexibility index (Phi) is 7.77. The van der Waals surface area contributed by atoms with E-state index >= 15 is 0 Å². The summed E-state index contributed by atoms with van der Waals surface area (Å²) in [5.41, 5.74) is 2.26. The third-order valence-corrected chi connectivity index (χ3v) is 8.42. The minimum Gasteiger partial charge on any atom is -0.496 e. The first-order chi connectivity index (χ1) is 19.7. The molecule has 0 spiro atoms. The number of fused-ring (bicyclic) bond motifs is 2. The first kappa shape index (κ1) is 27.9. The zero-order valence-electron chi connectivity index (χ0n) is 21.7. The van der Waals surface area contributed by atoms with Crippen LogP contribution < -0.4 is 9.47 Å².